The molecule has 24 heavy (non-hydrogen) atoms. The molecule has 1 heterocycles. The summed E-state index contributed by atoms with van der Waals surface area (Å²) in [5, 5.41) is 2.93. The molecular weight excluding hydrogens is 326 g/mol. The van der Waals surface area contributed by atoms with Crippen molar-refractivity contribution < 1.29 is 13.2 Å². The first-order valence-corrected chi connectivity index (χ1v) is 9.65. The zero-order valence-corrected chi connectivity index (χ0v) is 15.2. The van der Waals surface area contributed by atoms with E-state index in [0.29, 0.717) is 24.4 Å². The number of benzene rings is 1. The normalized spacial score (nSPS) is 17.4. The summed E-state index contributed by atoms with van der Waals surface area (Å²) in [6.45, 7) is 6.41. The Kier molecular flexibility index (Phi) is 5.64. The number of hydrogen-bond acceptors (Lipinski definition) is 4. The van der Waals surface area contributed by atoms with Crippen LogP contribution in [0.15, 0.2) is 34.2 Å². The van der Waals surface area contributed by atoms with Crippen molar-refractivity contribution in [3.05, 3.63) is 29.8 Å². The molecule has 2 rings (SSSR count). The molecule has 0 saturated heterocycles. The first kappa shape index (κ1) is 18.4. The minimum Gasteiger partial charge on any atom is -0.352 e. The molecule has 6 nitrogen and oxygen atoms in total. The number of amidine groups is 1. The Morgan fingerprint density at radius 1 is 1.17 bits per heavy atom. The minimum absolute atomic E-state index is 0.0614. The second kappa shape index (κ2) is 7.34. The largest absolute Gasteiger partial charge is 0.352 e. The third-order valence-electron chi connectivity index (χ3n) is 3.51. The number of carbonyl (C=O) groups is 1. The van der Waals surface area contributed by atoms with Gasteiger partial charge in [-0.3, -0.25) is 14.5 Å². The number of sulfonamides is 1. The fourth-order valence-corrected chi connectivity index (χ4v) is 3.75. The van der Waals surface area contributed by atoms with Crippen LogP contribution in [-0.2, 0) is 14.8 Å². The Bertz CT molecular complexity index is 734. The van der Waals surface area contributed by atoms with Crippen LogP contribution in [0.2, 0.25) is 0 Å². The van der Waals surface area contributed by atoms with Crippen LogP contribution in [0.5, 0.6) is 0 Å². The summed E-state index contributed by atoms with van der Waals surface area (Å²) in [5.41, 5.74) is 0.429. The molecule has 0 bridgehead atoms. The fraction of sp³-hybridized carbons (Fsp3) is 0.529. The minimum atomic E-state index is -3.46. The van der Waals surface area contributed by atoms with E-state index in [1.165, 1.54) is 0 Å². The molecule has 0 saturated carbocycles. The molecule has 2 N–H and O–H groups in total. The smallest absolute Gasteiger partial charge is 0.263 e. The number of unbranched alkanes of at least 4 members (excludes halogenated alkanes) is 2. The molecule has 1 amide bonds. The Balaban J connectivity index is 1.77. The van der Waals surface area contributed by atoms with Crippen molar-refractivity contribution in [1.29, 1.82) is 0 Å². The average molecular weight is 351 g/mol. The molecule has 1 aromatic carbocycles. The highest BCUT2D eigenvalue weighted by atomic mass is 32.2. The molecule has 0 aliphatic carbocycles. The lowest BCUT2D eigenvalue weighted by molar-refractivity contribution is -0.122. The van der Waals surface area contributed by atoms with Crippen LogP contribution in [-0.4, -0.2) is 32.2 Å². The van der Waals surface area contributed by atoms with E-state index in [1.54, 1.807) is 24.3 Å². The second-order valence-corrected chi connectivity index (χ2v) is 8.59. The number of amides is 1. The highest BCUT2D eigenvalue weighted by Gasteiger charge is 2.29. The predicted octanol–water partition coefficient (Wildman–Crippen LogP) is 2.20. The van der Waals surface area contributed by atoms with Gasteiger partial charge in [0, 0.05) is 24.1 Å². The van der Waals surface area contributed by atoms with E-state index < -0.39 is 10.0 Å². The molecule has 1 aliphatic heterocycles. The first-order valence-electron chi connectivity index (χ1n) is 8.17. The molecule has 0 radical (unpaired) electrons. The monoisotopic (exact) mass is 351 g/mol. The number of carbonyl (C=O) groups excluding carboxylic acids is 1. The van der Waals surface area contributed by atoms with Gasteiger partial charge in [0.2, 0.25) is 5.91 Å². The van der Waals surface area contributed by atoms with E-state index in [0.717, 1.165) is 19.3 Å². The SMILES string of the molecule is CC(C)(C)NC(=O)CCCCCN=C1NS(=O)(=O)c2ccccc21. The zero-order chi connectivity index (χ0) is 17.8. The highest BCUT2D eigenvalue weighted by molar-refractivity contribution is 7.90. The summed E-state index contributed by atoms with van der Waals surface area (Å²) >= 11 is 0. The van der Waals surface area contributed by atoms with Crippen molar-refractivity contribution in [2.24, 2.45) is 4.99 Å². The molecule has 0 fully saturated rings. The van der Waals surface area contributed by atoms with Crippen molar-refractivity contribution in [3.63, 3.8) is 0 Å². The van der Waals surface area contributed by atoms with Gasteiger partial charge >= 0.3 is 0 Å². The maximum atomic E-state index is 12.0. The summed E-state index contributed by atoms with van der Waals surface area (Å²) in [6.07, 6.45) is 3.00. The summed E-state index contributed by atoms with van der Waals surface area (Å²) in [5.74, 6) is 0.474. The Hall–Kier alpha value is -1.89. The van der Waals surface area contributed by atoms with Crippen LogP contribution in [0, 0.1) is 0 Å². The van der Waals surface area contributed by atoms with Crippen molar-refractivity contribution >= 4 is 21.8 Å². The van der Waals surface area contributed by atoms with Gasteiger partial charge in [-0.2, -0.15) is 0 Å². The van der Waals surface area contributed by atoms with Crippen LogP contribution >= 0.6 is 0 Å². The standard InChI is InChI=1S/C17H25N3O3S/c1-17(2,3)19-15(21)11-5-4-8-12-18-16-13-9-6-7-10-14(13)24(22,23)20-16/h6-7,9-10H,4-5,8,11-12H2,1-3H3,(H,18,20)(H,19,21). The van der Waals surface area contributed by atoms with Crippen molar-refractivity contribution in [1.82, 2.24) is 10.0 Å². The van der Waals surface area contributed by atoms with Gasteiger partial charge in [-0.05, 0) is 45.7 Å². The van der Waals surface area contributed by atoms with Gasteiger partial charge < -0.3 is 5.32 Å². The molecule has 0 aromatic heterocycles. The number of aliphatic imine (C=N–C) groups is 1. The number of hydrogen-bond donors (Lipinski definition) is 2. The summed E-state index contributed by atoms with van der Waals surface area (Å²) in [7, 11) is -3.46. The molecule has 0 spiro atoms. The summed E-state index contributed by atoms with van der Waals surface area (Å²) in [4.78, 5) is 16.3. The summed E-state index contributed by atoms with van der Waals surface area (Å²) < 4.78 is 26.4. The summed E-state index contributed by atoms with van der Waals surface area (Å²) in [6, 6.07) is 6.82. The highest BCUT2D eigenvalue weighted by Crippen LogP contribution is 2.22. The number of nitrogens with zero attached hydrogens (tertiary/aromatic N) is 1. The third kappa shape index (κ3) is 5.06. The van der Waals surface area contributed by atoms with Crippen LogP contribution in [0.1, 0.15) is 52.0 Å². The van der Waals surface area contributed by atoms with Gasteiger partial charge in [-0.25, -0.2) is 8.42 Å². The number of rotatable bonds is 6. The van der Waals surface area contributed by atoms with Crippen molar-refractivity contribution in [3.8, 4) is 0 Å². The average Bonchev–Trinajstić information content (AvgIpc) is 2.73. The van der Waals surface area contributed by atoms with Gasteiger partial charge in [0.15, 0.2) is 0 Å². The molecular formula is C17H25N3O3S. The van der Waals surface area contributed by atoms with E-state index in [4.69, 9.17) is 0 Å². The van der Waals surface area contributed by atoms with E-state index in [2.05, 4.69) is 15.0 Å². The quantitative estimate of drug-likeness (QED) is 0.770. The Labute approximate surface area is 143 Å². The maximum absolute atomic E-state index is 12.0. The number of nitrogens with one attached hydrogen (secondary N) is 2. The first-order chi connectivity index (χ1) is 11.2. The van der Waals surface area contributed by atoms with Gasteiger partial charge in [-0.15, -0.1) is 0 Å². The predicted molar refractivity (Wildman–Crippen MR) is 94.5 cm³/mol. The molecule has 1 aliphatic rings. The van der Waals surface area contributed by atoms with Crippen molar-refractivity contribution in [2.45, 2.75) is 56.9 Å². The maximum Gasteiger partial charge on any atom is 0.263 e. The van der Waals surface area contributed by atoms with Gasteiger partial charge in [0.05, 0.1) is 4.90 Å². The molecule has 7 heteroatoms. The Morgan fingerprint density at radius 2 is 1.88 bits per heavy atom. The molecule has 0 unspecified atom stereocenters. The van der Waals surface area contributed by atoms with E-state index in [9.17, 15) is 13.2 Å². The zero-order valence-electron chi connectivity index (χ0n) is 14.4. The molecule has 1 aromatic rings. The molecule has 132 valence electrons. The second-order valence-electron chi connectivity index (χ2n) is 6.94. The fourth-order valence-electron chi connectivity index (χ4n) is 2.50. The lowest BCUT2D eigenvalue weighted by atomic mass is 10.1. The van der Waals surface area contributed by atoms with Crippen LogP contribution < -0.4 is 10.0 Å². The molecule has 0 atom stereocenters. The van der Waals surface area contributed by atoms with Gasteiger partial charge in [0.25, 0.3) is 10.0 Å². The van der Waals surface area contributed by atoms with Crippen LogP contribution in [0.4, 0.5) is 0 Å². The lowest BCUT2D eigenvalue weighted by Crippen LogP contribution is -2.40. The van der Waals surface area contributed by atoms with Crippen LogP contribution in [0.3, 0.4) is 0 Å². The van der Waals surface area contributed by atoms with E-state index >= 15 is 0 Å². The Morgan fingerprint density at radius 3 is 2.58 bits per heavy atom. The van der Waals surface area contributed by atoms with Crippen LogP contribution in [0.25, 0.3) is 0 Å². The van der Waals surface area contributed by atoms with Gasteiger partial charge in [-0.1, -0.05) is 18.6 Å². The van der Waals surface area contributed by atoms with E-state index in [-0.39, 0.29) is 16.3 Å². The topological polar surface area (TPSA) is 87.6 Å². The number of fused-ring (bicyclic) bond motifs is 1. The van der Waals surface area contributed by atoms with E-state index in [1.807, 2.05) is 20.8 Å². The van der Waals surface area contributed by atoms with Crippen molar-refractivity contribution in [2.75, 3.05) is 6.54 Å². The van der Waals surface area contributed by atoms with Gasteiger partial charge in [0.1, 0.15) is 5.84 Å². The third-order valence-corrected chi connectivity index (χ3v) is 4.91. The lowest BCUT2D eigenvalue weighted by Gasteiger charge is -2.20.